The van der Waals surface area contributed by atoms with Crippen molar-refractivity contribution in [1.82, 2.24) is 10.9 Å². The molecule has 136 valence electrons. The molecule has 0 heterocycles. The van der Waals surface area contributed by atoms with Crippen LogP contribution in [-0.4, -0.2) is 17.7 Å². The molecule has 0 aliphatic carbocycles. The molecule has 0 saturated carbocycles. The summed E-state index contributed by atoms with van der Waals surface area (Å²) in [5.74, 6) is -2.32. The number of hydrazine groups is 1. The van der Waals surface area contributed by atoms with Crippen molar-refractivity contribution in [3.63, 3.8) is 0 Å². The summed E-state index contributed by atoms with van der Waals surface area (Å²) < 4.78 is 13.5. The molecule has 6 nitrogen and oxygen atoms in total. The largest absolute Gasteiger partial charge is 0.326 e. The van der Waals surface area contributed by atoms with Gasteiger partial charge in [0.1, 0.15) is 5.82 Å². The standard InChI is InChI=1S/C19H20FN3O3/c1-12-7-8-14(11-13(12)2)21-17(24)9-10-18(25)22-23-19(26)15-5-3-4-6-16(15)20/h3-8,11H,9-10H2,1-2H3,(H,21,24)(H,22,25)(H,23,26). The van der Waals surface area contributed by atoms with Crippen molar-refractivity contribution >= 4 is 23.4 Å². The lowest BCUT2D eigenvalue weighted by atomic mass is 10.1. The van der Waals surface area contributed by atoms with Gasteiger partial charge in [-0.2, -0.15) is 0 Å². The zero-order chi connectivity index (χ0) is 19.1. The molecule has 7 heteroatoms. The second kappa shape index (κ2) is 8.75. The summed E-state index contributed by atoms with van der Waals surface area (Å²) in [6, 6.07) is 10.9. The van der Waals surface area contributed by atoms with Crippen molar-refractivity contribution in [3.05, 3.63) is 65.0 Å². The van der Waals surface area contributed by atoms with Crippen LogP contribution >= 0.6 is 0 Å². The number of amides is 3. The van der Waals surface area contributed by atoms with Gasteiger partial charge in [0.25, 0.3) is 5.91 Å². The van der Waals surface area contributed by atoms with E-state index in [1.54, 1.807) is 6.07 Å². The molecule has 0 aliphatic heterocycles. The van der Waals surface area contributed by atoms with Gasteiger partial charge in [-0.05, 0) is 49.2 Å². The Morgan fingerprint density at radius 1 is 0.885 bits per heavy atom. The van der Waals surface area contributed by atoms with Gasteiger partial charge in [-0.25, -0.2) is 4.39 Å². The fourth-order valence-electron chi connectivity index (χ4n) is 2.17. The highest BCUT2D eigenvalue weighted by Crippen LogP contribution is 2.14. The summed E-state index contributed by atoms with van der Waals surface area (Å²) in [4.78, 5) is 35.4. The van der Waals surface area contributed by atoms with Crippen LogP contribution in [0.15, 0.2) is 42.5 Å². The van der Waals surface area contributed by atoms with E-state index in [9.17, 15) is 18.8 Å². The molecule has 3 N–H and O–H groups in total. The number of halogens is 1. The summed E-state index contributed by atoms with van der Waals surface area (Å²) in [5, 5.41) is 2.71. The maximum atomic E-state index is 13.5. The first-order chi connectivity index (χ1) is 12.4. The van der Waals surface area contributed by atoms with Gasteiger partial charge in [0, 0.05) is 18.5 Å². The molecular weight excluding hydrogens is 337 g/mol. The summed E-state index contributed by atoms with van der Waals surface area (Å²) in [7, 11) is 0. The second-order valence-corrected chi connectivity index (χ2v) is 5.83. The monoisotopic (exact) mass is 357 g/mol. The third-order valence-corrected chi connectivity index (χ3v) is 3.80. The number of rotatable bonds is 5. The van der Waals surface area contributed by atoms with E-state index in [1.807, 2.05) is 26.0 Å². The van der Waals surface area contributed by atoms with Gasteiger partial charge in [0.15, 0.2) is 0 Å². The molecule has 0 spiro atoms. The van der Waals surface area contributed by atoms with Gasteiger partial charge in [0.05, 0.1) is 5.56 Å². The van der Waals surface area contributed by atoms with Gasteiger partial charge in [-0.1, -0.05) is 18.2 Å². The zero-order valence-corrected chi connectivity index (χ0v) is 14.6. The van der Waals surface area contributed by atoms with Gasteiger partial charge < -0.3 is 5.32 Å². The molecule has 0 unspecified atom stereocenters. The van der Waals surface area contributed by atoms with E-state index in [0.29, 0.717) is 5.69 Å². The Kier molecular flexibility index (Phi) is 6.43. The Morgan fingerprint density at radius 2 is 1.58 bits per heavy atom. The third kappa shape index (κ3) is 5.41. The molecule has 3 amide bonds. The highest BCUT2D eigenvalue weighted by Gasteiger charge is 2.12. The minimum atomic E-state index is -0.768. The highest BCUT2D eigenvalue weighted by molar-refractivity contribution is 5.96. The van der Waals surface area contributed by atoms with Crippen LogP contribution in [0.3, 0.4) is 0 Å². The van der Waals surface area contributed by atoms with Crippen LogP contribution in [0.2, 0.25) is 0 Å². The van der Waals surface area contributed by atoms with Gasteiger partial charge in [-0.3, -0.25) is 25.2 Å². The normalized spacial score (nSPS) is 10.1. The summed E-state index contributed by atoms with van der Waals surface area (Å²) in [6.45, 7) is 3.91. The number of hydrogen-bond donors (Lipinski definition) is 3. The molecule has 0 radical (unpaired) electrons. The van der Waals surface area contributed by atoms with Gasteiger partial charge in [-0.15, -0.1) is 0 Å². The Bertz CT molecular complexity index is 837. The first kappa shape index (κ1) is 19.1. The van der Waals surface area contributed by atoms with E-state index < -0.39 is 17.6 Å². The van der Waals surface area contributed by atoms with Gasteiger partial charge in [0.2, 0.25) is 11.8 Å². The number of nitrogens with one attached hydrogen (secondary N) is 3. The Morgan fingerprint density at radius 3 is 2.27 bits per heavy atom. The SMILES string of the molecule is Cc1ccc(NC(=O)CCC(=O)NNC(=O)c2ccccc2F)cc1C. The van der Waals surface area contributed by atoms with E-state index in [-0.39, 0.29) is 24.3 Å². The zero-order valence-electron chi connectivity index (χ0n) is 14.6. The van der Waals surface area contributed by atoms with E-state index in [2.05, 4.69) is 16.2 Å². The van der Waals surface area contributed by atoms with Crippen LogP contribution in [0, 0.1) is 19.7 Å². The molecule has 0 aromatic heterocycles. The van der Waals surface area contributed by atoms with Crippen molar-refractivity contribution in [2.45, 2.75) is 26.7 Å². The topological polar surface area (TPSA) is 87.3 Å². The fraction of sp³-hybridized carbons (Fsp3) is 0.211. The van der Waals surface area contributed by atoms with Crippen LogP contribution < -0.4 is 16.2 Å². The predicted octanol–water partition coefficient (Wildman–Crippen LogP) is 2.62. The first-order valence-corrected chi connectivity index (χ1v) is 8.07. The summed E-state index contributed by atoms with van der Waals surface area (Å²) >= 11 is 0. The second-order valence-electron chi connectivity index (χ2n) is 5.83. The van der Waals surface area contributed by atoms with Crippen molar-refractivity contribution in [1.29, 1.82) is 0 Å². The number of hydrogen-bond acceptors (Lipinski definition) is 3. The first-order valence-electron chi connectivity index (χ1n) is 8.07. The van der Waals surface area contributed by atoms with Crippen LogP contribution in [0.1, 0.15) is 34.3 Å². The average Bonchev–Trinajstić information content (AvgIpc) is 2.61. The molecule has 2 aromatic rings. The van der Waals surface area contributed by atoms with Crippen LogP contribution in [0.25, 0.3) is 0 Å². The smallest absolute Gasteiger partial charge is 0.272 e. The van der Waals surface area contributed by atoms with Crippen molar-refractivity contribution in [2.75, 3.05) is 5.32 Å². The number of anilines is 1. The average molecular weight is 357 g/mol. The van der Waals surface area contributed by atoms with E-state index >= 15 is 0 Å². The number of carbonyl (C=O) groups is 3. The van der Waals surface area contributed by atoms with Crippen molar-refractivity contribution in [3.8, 4) is 0 Å². The number of carbonyl (C=O) groups excluding carboxylic acids is 3. The highest BCUT2D eigenvalue weighted by atomic mass is 19.1. The van der Waals surface area contributed by atoms with Gasteiger partial charge >= 0.3 is 0 Å². The molecule has 0 atom stereocenters. The lowest BCUT2D eigenvalue weighted by Crippen LogP contribution is -2.42. The Hall–Kier alpha value is -3.22. The summed E-state index contributed by atoms with van der Waals surface area (Å²) in [6.07, 6.45) is -0.164. The fourth-order valence-corrected chi connectivity index (χ4v) is 2.17. The maximum Gasteiger partial charge on any atom is 0.272 e. The Balaban J connectivity index is 1.76. The molecular formula is C19H20FN3O3. The molecule has 0 aliphatic rings. The number of benzene rings is 2. The molecule has 0 saturated heterocycles. The predicted molar refractivity (Wildman–Crippen MR) is 95.8 cm³/mol. The quantitative estimate of drug-likeness (QED) is 0.719. The van der Waals surface area contributed by atoms with E-state index in [4.69, 9.17) is 0 Å². The maximum absolute atomic E-state index is 13.5. The van der Waals surface area contributed by atoms with Crippen molar-refractivity contribution < 1.29 is 18.8 Å². The van der Waals surface area contributed by atoms with E-state index in [1.165, 1.54) is 18.2 Å². The van der Waals surface area contributed by atoms with Crippen LogP contribution in [0.4, 0.5) is 10.1 Å². The number of aryl methyl sites for hydroxylation is 2. The minimum absolute atomic E-state index is 0.0473. The van der Waals surface area contributed by atoms with E-state index in [0.717, 1.165) is 17.2 Å². The molecule has 2 aromatic carbocycles. The molecule has 2 rings (SSSR count). The lowest BCUT2D eigenvalue weighted by Gasteiger charge is -2.09. The summed E-state index contributed by atoms with van der Waals surface area (Å²) in [5.41, 5.74) is 6.92. The van der Waals surface area contributed by atoms with Crippen LogP contribution in [0.5, 0.6) is 0 Å². The lowest BCUT2D eigenvalue weighted by molar-refractivity contribution is -0.124. The molecule has 26 heavy (non-hydrogen) atoms. The Labute approximate surface area is 150 Å². The van der Waals surface area contributed by atoms with Crippen molar-refractivity contribution in [2.24, 2.45) is 0 Å². The van der Waals surface area contributed by atoms with Crippen LogP contribution in [-0.2, 0) is 9.59 Å². The minimum Gasteiger partial charge on any atom is -0.326 e. The third-order valence-electron chi connectivity index (χ3n) is 3.80. The molecule has 0 fully saturated rings. The molecule has 0 bridgehead atoms.